The SMILES string of the molecule is O=C(c1ncc(Cl)c(Cl)c1Cl)N1CC[NH+](C(c2ccccc2)c2ccccc2)CC1. The van der Waals surface area contributed by atoms with Crippen molar-refractivity contribution in [1.29, 1.82) is 0 Å². The Morgan fingerprint density at radius 2 is 1.40 bits per heavy atom. The monoisotopic (exact) mass is 460 g/mol. The molecular weight excluding hydrogens is 441 g/mol. The minimum absolute atomic E-state index is 0.107. The van der Waals surface area contributed by atoms with Gasteiger partial charge in [0.2, 0.25) is 0 Å². The maximum atomic E-state index is 13.0. The van der Waals surface area contributed by atoms with E-state index in [2.05, 4.69) is 53.5 Å². The fourth-order valence-electron chi connectivity index (χ4n) is 3.98. The molecule has 1 N–H and O–H groups in total. The van der Waals surface area contributed by atoms with Gasteiger partial charge in [-0.2, -0.15) is 0 Å². The molecule has 1 aliphatic heterocycles. The van der Waals surface area contributed by atoms with E-state index in [0.717, 1.165) is 13.1 Å². The Kier molecular flexibility index (Phi) is 6.59. The number of carbonyl (C=O) groups excluding carboxylic acids is 1. The summed E-state index contributed by atoms with van der Waals surface area (Å²) in [6, 6.07) is 21.2. The molecule has 1 fully saturated rings. The first-order chi connectivity index (χ1) is 14.6. The maximum Gasteiger partial charge on any atom is 0.274 e. The van der Waals surface area contributed by atoms with Crippen LogP contribution in [-0.2, 0) is 0 Å². The summed E-state index contributed by atoms with van der Waals surface area (Å²) in [7, 11) is 0. The molecule has 0 saturated carbocycles. The zero-order valence-corrected chi connectivity index (χ0v) is 18.5. The van der Waals surface area contributed by atoms with Crippen LogP contribution in [0.15, 0.2) is 66.9 Å². The first kappa shape index (κ1) is 21.1. The number of halogens is 3. The minimum atomic E-state index is -0.214. The standard InChI is InChI=1S/C23H20Cl3N3O/c24-18-15-27-21(20(26)19(18)25)23(30)29-13-11-28(12-14-29)22(16-7-3-1-4-8-16)17-9-5-2-6-10-17/h1-10,15,22H,11-14H2/p+1. The Balaban J connectivity index is 1.53. The highest BCUT2D eigenvalue weighted by Gasteiger charge is 2.33. The fraction of sp³-hybridized carbons (Fsp3) is 0.217. The van der Waals surface area contributed by atoms with Crippen molar-refractivity contribution in [2.24, 2.45) is 0 Å². The van der Waals surface area contributed by atoms with Crippen LogP contribution in [0.4, 0.5) is 0 Å². The number of hydrogen-bond acceptors (Lipinski definition) is 2. The van der Waals surface area contributed by atoms with Crippen molar-refractivity contribution in [3.63, 3.8) is 0 Å². The lowest BCUT2D eigenvalue weighted by Gasteiger charge is -2.37. The molecule has 3 aromatic rings. The number of nitrogens with one attached hydrogen (secondary N) is 1. The number of amides is 1. The molecular formula is C23H21Cl3N3O+. The van der Waals surface area contributed by atoms with Gasteiger partial charge in [0.15, 0.2) is 0 Å². The van der Waals surface area contributed by atoms with E-state index in [4.69, 9.17) is 34.8 Å². The van der Waals surface area contributed by atoms with Crippen molar-refractivity contribution in [2.45, 2.75) is 6.04 Å². The van der Waals surface area contributed by atoms with E-state index in [1.165, 1.54) is 22.2 Å². The van der Waals surface area contributed by atoms with Crippen LogP contribution in [0, 0.1) is 0 Å². The van der Waals surface area contributed by atoms with Crippen molar-refractivity contribution in [3.05, 3.63) is 98.7 Å². The van der Waals surface area contributed by atoms with Crippen LogP contribution in [0.5, 0.6) is 0 Å². The normalized spacial score (nSPS) is 14.9. The third kappa shape index (κ3) is 4.33. The third-order valence-electron chi connectivity index (χ3n) is 5.49. The lowest BCUT2D eigenvalue weighted by atomic mass is 9.96. The fourth-order valence-corrected chi connectivity index (χ4v) is 4.54. The van der Waals surface area contributed by atoms with Gasteiger partial charge in [-0.05, 0) is 0 Å². The topological polar surface area (TPSA) is 37.6 Å². The molecule has 4 rings (SSSR count). The number of piperazine rings is 1. The van der Waals surface area contributed by atoms with Gasteiger partial charge in [-0.3, -0.25) is 4.79 Å². The molecule has 0 bridgehead atoms. The van der Waals surface area contributed by atoms with E-state index in [9.17, 15) is 4.79 Å². The van der Waals surface area contributed by atoms with E-state index < -0.39 is 0 Å². The van der Waals surface area contributed by atoms with Crippen molar-refractivity contribution in [2.75, 3.05) is 26.2 Å². The first-order valence-electron chi connectivity index (χ1n) is 9.79. The number of hydrogen-bond donors (Lipinski definition) is 1. The average Bonchev–Trinajstić information content (AvgIpc) is 2.79. The van der Waals surface area contributed by atoms with Crippen LogP contribution < -0.4 is 4.90 Å². The Bertz CT molecular complexity index is 983. The molecule has 0 spiro atoms. The molecule has 1 aromatic heterocycles. The largest absolute Gasteiger partial charge is 0.326 e. The highest BCUT2D eigenvalue weighted by atomic mass is 35.5. The van der Waals surface area contributed by atoms with Crippen LogP contribution in [0.25, 0.3) is 0 Å². The molecule has 0 atom stereocenters. The van der Waals surface area contributed by atoms with Gasteiger partial charge in [-0.15, -0.1) is 0 Å². The number of aromatic nitrogens is 1. The number of quaternary nitrogens is 1. The Labute approximate surface area is 191 Å². The number of rotatable bonds is 4. The van der Waals surface area contributed by atoms with E-state index in [-0.39, 0.29) is 32.7 Å². The highest BCUT2D eigenvalue weighted by molar-refractivity contribution is 6.48. The van der Waals surface area contributed by atoms with Crippen LogP contribution in [0.2, 0.25) is 15.1 Å². The molecule has 1 amide bonds. The Hall–Kier alpha value is -2.11. The lowest BCUT2D eigenvalue weighted by Crippen LogP contribution is -3.15. The molecule has 4 nitrogen and oxygen atoms in total. The van der Waals surface area contributed by atoms with Gasteiger partial charge < -0.3 is 9.80 Å². The number of carbonyl (C=O) groups is 1. The Morgan fingerprint density at radius 1 is 0.867 bits per heavy atom. The summed E-state index contributed by atoms with van der Waals surface area (Å²) in [5.74, 6) is -0.214. The zero-order valence-electron chi connectivity index (χ0n) is 16.2. The van der Waals surface area contributed by atoms with Gasteiger partial charge in [0.25, 0.3) is 5.91 Å². The summed E-state index contributed by atoms with van der Waals surface area (Å²) >= 11 is 18.2. The van der Waals surface area contributed by atoms with Gasteiger partial charge in [-0.25, -0.2) is 4.98 Å². The summed E-state index contributed by atoms with van der Waals surface area (Å²) < 4.78 is 0. The lowest BCUT2D eigenvalue weighted by molar-refractivity contribution is -0.929. The summed E-state index contributed by atoms with van der Waals surface area (Å²) in [6.45, 7) is 2.86. The second-order valence-electron chi connectivity index (χ2n) is 7.29. The molecule has 0 radical (unpaired) electrons. The van der Waals surface area contributed by atoms with Crippen LogP contribution in [0.1, 0.15) is 27.7 Å². The summed E-state index contributed by atoms with van der Waals surface area (Å²) in [5, 5.41) is 0.505. The summed E-state index contributed by atoms with van der Waals surface area (Å²) in [4.78, 5) is 20.3. The van der Waals surface area contributed by atoms with Gasteiger partial charge >= 0.3 is 0 Å². The van der Waals surface area contributed by atoms with E-state index >= 15 is 0 Å². The quantitative estimate of drug-likeness (QED) is 0.633. The second-order valence-corrected chi connectivity index (χ2v) is 8.45. The predicted octanol–water partition coefficient (Wildman–Crippen LogP) is 4.17. The van der Waals surface area contributed by atoms with E-state index in [1.54, 1.807) is 4.90 Å². The molecule has 0 aliphatic carbocycles. The molecule has 0 unspecified atom stereocenters. The number of nitrogens with zero attached hydrogens (tertiary/aromatic N) is 2. The summed E-state index contributed by atoms with van der Waals surface area (Å²) in [5.41, 5.74) is 2.69. The maximum absolute atomic E-state index is 13.0. The number of benzene rings is 2. The summed E-state index contributed by atoms with van der Waals surface area (Å²) in [6.07, 6.45) is 1.37. The van der Waals surface area contributed by atoms with Crippen LogP contribution in [-0.4, -0.2) is 42.0 Å². The van der Waals surface area contributed by atoms with E-state index in [0.29, 0.717) is 13.1 Å². The smallest absolute Gasteiger partial charge is 0.274 e. The third-order valence-corrected chi connectivity index (χ3v) is 6.73. The zero-order chi connectivity index (χ0) is 21.1. The molecule has 30 heavy (non-hydrogen) atoms. The van der Waals surface area contributed by atoms with Gasteiger partial charge in [0, 0.05) is 17.3 Å². The molecule has 2 aromatic carbocycles. The van der Waals surface area contributed by atoms with Crippen molar-refractivity contribution >= 4 is 40.7 Å². The minimum Gasteiger partial charge on any atom is -0.326 e. The molecule has 1 aliphatic rings. The Morgan fingerprint density at radius 3 is 1.93 bits per heavy atom. The van der Waals surface area contributed by atoms with Crippen LogP contribution in [0.3, 0.4) is 0 Å². The number of pyridine rings is 1. The molecule has 7 heteroatoms. The second kappa shape index (κ2) is 9.36. The molecule has 2 heterocycles. The van der Waals surface area contributed by atoms with Gasteiger partial charge in [0.05, 0.1) is 41.2 Å². The van der Waals surface area contributed by atoms with Crippen molar-refractivity contribution in [1.82, 2.24) is 9.88 Å². The van der Waals surface area contributed by atoms with Crippen molar-refractivity contribution in [3.8, 4) is 0 Å². The first-order valence-corrected chi connectivity index (χ1v) is 10.9. The van der Waals surface area contributed by atoms with Crippen LogP contribution >= 0.6 is 34.8 Å². The molecule has 154 valence electrons. The highest BCUT2D eigenvalue weighted by Crippen LogP contribution is 2.31. The van der Waals surface area contributed by atoms with E-state index in [1.807, 2.05) is 12.1 Å². The predicted molar refractivity (Wildman–Crippen MR) is 121 cm³/mol. The van der Waals surface area contributed by atoms with Gasteiger partial charge in [0.1, 0.15) is 11.7 Å². The molecule has 1 saturated heterocycles. The van der Waals surface area contributed by atoms with Crippen molar-refractivity contribution < 1.29 is 9.69 Å². The average molecular weight is 462 g/mol. The van der Waals surface area contributed by atoms with Gasteiger partial charge in [-0.1, -0.05) is 95.5 Å².